The summed E-state index contributed by atoms with van der Waals surface area (Å²) in [5.74, 6) is 1.51. The molecule has 0 saturated carbocycles. The molecule has 1 aromatic carbocycles. The number of nitrogens with zero attached hydrogens (tertiary/aromatic N) is 2. The lowest BCUT2D eigenvalue weighted by Crippen LogP contribution is -2.35. The highest BCUT2D eigenvalue weighted by molar-refractivity contribution is 7.99. The molecule has 23 heavy (non-hydrogen) atoms. The molecule has 0 radical (unpaired) electrons. The van der Waals surface area contributed by atoms with Crippen molar-refractivity contribution in [2.45, 2.75) is 17.7 Å². The van der Waals surface area contributed by atoms with Crippen LogP contribution in [-0.2, 0) is 9.53 Å². The van der Waals surface area contributed by atoms with Crippen LogP contribution >= 0.6 is 11.8 Å². The fraction of sp³-hybridized carbons (Fsp3) is 0.611. The Morgan fingerprint density at radius 3 is 2.91 bits per heavy atom. The van der Waals surface area contributed by atoms with Crippen LogP contribution < -0.4 is 0 Å². The second kappa shape index (κ2) is 9.96. The molecule has 1 aromatic rings. The molecule has 1 aliphatic heterocycles. The average molecular weight is 337 g/mol. The van der Waals surface area contributed by atoms with Crippen LogP contribution in [0.25, 0.3) is 0 Å². The third-order valence-electron chi connectivity index (χ3n) is 4.26. The van der Waals surface area contributed by atoms with Crippen molar-refractivity contribution in [1.29, 1.82) is 0 Å². The van der Waals surface area contributed by atoms with E-state index in [-0.39, 0.29) is 5.92 Å². The number of thioether (sulfide) groups is 1. The van der Waals surface area contributed by atoms with Crippen LogP contribution in [0.15, 0.2) is 35.2 Å². The zero-order chi connectivity index (χ0) is 16.5. The van der Waals surface area contributed by atoms with Gasteiger partial charge in [-0.25, -0.2) is 0 Å². The molecule has 2 rings (SSSR count). The van der Waals surface area contributed by atoms with Crippen molar-refractivity contribution in [3.8, 4) is 0 Å². The van der Waals surface area contributed by atoms with E-state index in [4.69, 9.17) is 4.74 Å². The third-order valence-corrected chi connectivity index (χ3v) is 5.36. The highest BCUT2D eigenvalue weighted by Gasteiger charge is 2.29. The molecule has 1 unspecified atom stereocenters. The zero-order valence-corrected chi connectivity index (χ0v) is 15.1. The Labute approximate surface area is 144 Å². The van der Waals surface area contributed by atoms with E-state index in [1.165, 1.54) is 4.90 Å². The molecule has 1 saturated heterocycles. The highest BCUT2D eigenvalue weighted by Crippen LogP contribution is 2.20. The Bertz CT molecular complexity index is 469. The number of ether oxygens (including phenoxy) is 1. The molecule has 0 aliphatic carbocycles. The van der Waals surface area contributed by atoms with Gasteiger partial charge in [-0.15, -0.1) is 11.8 Å². The first kappa shape index (κ1) is 18.3. The second-order valence-electron chi connectivity index (χ2n) is 6.05. The molecule has 0 bridgehead atoms. The van der Waals surface area contributed by atoms with Gasteiger partial charge < -0.3 is 14.5 Å². The molecule has 1 fully saturated rings. The van der Waals surface area contributed by atoms with Gasteiger partial charge in [-0.1, -0.05) is 18.2 Å². The fourth-order valence-electron chi connectivity index (χ4n) is 2.89. The first-order valence-electron chi connectivity index (χ1n) is 8.35. The van der Waals surface area contributed by atoms with Crippen LogP contribution in [0.2, 0.25) is 0 Å². The van der Waals surface area contributed by atoms with Crippen LogP contribution in [0.3, 0.4) is 0 Å². The molecular weight excluding hydrogens is 308 g/mol. The predicted octanol–water partition coefficient (Wildman–Crippen LogP) is 2.60. The van der Waals surface area contributed by atoms with Crippen molar-refractivity contribution >= 4 is 17.7 Å². The van der Waals surface area contributed by atoms with Crippen molar-refractivity contribution in [1.82, 2.24) is 9.80 Å². The van der Waals surface area contributed by atoms with E-state index in [2.05, 4.69) is 29.2 Å². The lowest BCUT2D eigenvalue weighted by Gasteiger charge is -2.21. The van der Waals surface area contributed by atoms with E-state index in [0.29, 0.717) is 5.91 Å². The zero-order valence-electron chi connectivity index (χ0n) is 14.2. The minimum atomic E-state index is 0.165. The Hall–Kier alpha value is -1.04. The van der Waals surface area contributed by atoms with Crippen molar-refractivity contribution in [2.24, 2.45) is 5.92 Å². The molecular formula is C18H28N2O2S. The first-order chi connectivity index (χ1) is 11.2. The summed E-state index contributed by atoms with van der Waals surface area (Å²) in [4.78, 5) is 18.0. The Morgan fingerprint density at radius 2 is 2.17 bits per heavy atom. The molecule has 5 heteroatoms. The summed E-state index contributed by atoms with van der Waals surface area (Å²) in [6, 6.07) is 10.4. The topological polar surface area (TPSA) is 32.8 Å². The van der Waals surface area contributed by atoms with Gasteiger partial charge in [-0.2, -0.15) is 0 Å². The standard InChI is InChI=1S/C18H28N2O2S/c1-19(10-6-14-23-17-7-4-3-5-8-17)18(21)16-9-11-20(15-16)12-13-22-2/h3-5,7-8,16H,6,9-15H2,1-2H3. The Balaban J connectivity index is 1.63. The van der Waals surface area contributed by atoms with Gasteiger partial charge in [0.2, 0.25) is 5.91 Å². The number of amides is 1. The number of carbonyl (C=O) groups is 1. The largest absolute Gasteiger partial charge is 0.383 e. The number of hydrogen-bond acceptors (Lipinski definition) is 4. The monoisotopic (exact) mass is 336 g/mol. The van der Waals surface area contributed by atoms with Crippen LogP contribution in [-0.4, -0.2) is 68.4 Å². The van der Waals surface area contributed by atoms with Crippen molar-refractivity contribution in [3.63, 3.8) is 0 Å². The first-order valence-corrected chi connectivity index (χ1v) is 9.33. The fourth-order valence-corrected chi connectivity index (χ4v) is 3.75. The number of hydrogen-bond donors (Lipinski definition) is 0. The second-order valence-corrected chi connectivity index (χ2v) is 7.22. The summed E-state index contributed by atoms with van der Waals surface area (Å²) >= 11 is 1.86. The molecule has 0 N–H and O–H groups in total. The van der Waals surface area contributed by atoms with Gasteiger partial charge in [0.05, 0.1) is 12.5 Å². The predicted molar refractivity (Wildman–Crippen MR) is 95.8 cm³/mol. The number of carbonyl (C=O) groups excluding carboxylic acids is 1. The summed E-state index contributed by atoms with van der Waals surface area (Å²) in [6.07, 6.45) is 2.01. The number of benzene rings is 1. The van der Waals surface area contributed by atoms with Gasteiger partial charge in [0.25, 0.3) is 0 Å². The lowest BCUT2D eigenvalue weighted by atomic mass is 10.1. The molecule has 0 spiro atoms. The molecule has 1 heterocycles. The Kier molecular flexibility index (Phi) is 7.92. The van der Waals surface area contributed by atoms with E-state index >= 15 is 0 Å². The minimum absolute atomic E-state index is 0.165. The smallest absolute Gasteiger partial charge is 0.226 e. The summed E-state index contributed by atoms with van der Waals surface area (Å²) in [6.45, 7) is 4.40. The SMILES string of the molecule is COCCN1CCC(C(=O)N(C)CCCSc2ccccc2)C1. The van der Waals surface area contributed by atoms with Crippen LogP contribution in [0.5, 0.6) is 0 Å². The maximum Gasteiger partial charge on any atom is 0.226 e. The van der Waals surface area contributed by atoms with E-state index in [1.54, 1.807) is 7.11 Å². The van der Waals surface area contributed by atoms with Gasteiger partial charge in [-0.3, -0.25) is 4.79 Å². The summed E-state index contributed by atoms with van der Waals surface area (Å²) < 4.78 is 5.11. The van der Waals surface area contributed by atoms with Crippen molar-refractivity contribution < 1.29 is 9.53 Å². The molecule has 1 atom stereocenters. The number of likely N-dealkylation sites (tertiary alicyclic amines) is 1. The minimum Gasteiger partial charge on any atom is -0.383 e. The van der Waals surface area contributed by atoms with Gasteiger partial charge >= 0.3 is 0 Å². The number of methoxy groups -OCH3 is 1. The Morgan fingerprint density at radius 1 is 1.39 bits per heavy atom. The van der Waals surface area contributed by atoms with Gasteiger partial charge in [0, 0.05) is 38.7 Å². The summed E-state index contributed by atoms with van der Waals surface area (Å²) in [5.41, 5.74) is 0. The maximum atomic E-state index is 12.5. The van der Waals surface area contributed by atoms with Crippen LogP contribution in [0.1, 0.15) is 12.8 Å². The van der Waals surface area contributed by atoms with E-state index in [0.717, 1.165) is 51.4 Å². The normalized spacial score (nSPS) is 18.3. The van der Waals surface area contributed by atoms with Gasteiger partial charge in [-0.05, 0) is 37.3 Å². The molecule has 0 aromatic heterocycles. The van der Waals surface area contributed by atoms with Crippen LogP contribution in [0, 0.1) is 5.92 Å². The van der Waals surface area contributed by atoms with E-state index in [9.17, 15) is 4.79 Å². The quantitative estimate of drug-likeness (QED) is 0.513. The molecule has 128 valence electrons. The van der Waals surface area contributed by atoms with Gasteiger partial charge in [0.15, 0.2) is 0 Å². The van der Waals surface area contributed by atoms with Gasteiger partial charge in [0.1, 0.15) is 0 Å². The molecule has 4 nitrogen and oxygen atoms in total. The summed E-state index contributed by atoms with van der Waals surface area (Å²) in [5, 5.41) is 0. The average Bonchev–Trinajstić information content (AvgIpc) is 3.05. The molecule has 1 aliphatic rings. The van der Waals surface area contributed by atoms with Crippen molar-refractivity contribution in [3.05, 3.63) is 30.3 Å². The maximum absolute atomic E-state index is 12.5. The third kappa shape index (κ3) is 6.16. The van der Waals surface area contributed by atoms with Crippen LogP contribution in [0.4, 0.5) is 0 Å². The van der Waals surface area contributed by atoms with E-state index in [1.807, 2.05) is 29.8 Å². The highest BCUT2D eigenvalue weighted by atomic mass is 32.2. The van der Waals surface area contributed by atoms with Crippen molar-refractivity contribution in [2.75, 3.05) is 52.7 Å². The molecule has 1 amide bonds. The lowest BCUT2D eigenvalue weighted by molar-refractivity contribution is -0.133. The van der Waals surface area contributed by atoms with E-state index < -0.39 is 0 Å². The number of rotatable bonds is 9. The summed E-state index contributed by atoms with van der Waals surface area (Å²) in [7, 11) is 3.66.